The van der Waals surface area contributed by atoms with E-state index in [1.807, 2.05) is 24.3 Å². The standard InChI is InChI=1S/C22H22FN3O3/c23-19-4-2-1-3-18(19)21(27)26-10-7-17(8-11-26)25-22(28)24-14-15-5-6-20-16(13-15)9-12-29-20/h1-6,9,12-13,17H,7-8,10-11,14H2,(H2,24,25,28). The van der Waals surface area contributed by atoms with E-state index in [9.17, 15) is 14.0 Å². The third kappa shape index (κ3) is 4.39. The van der Waals surface area contributed by atoms with Gasteiger partial charge in [-0.15, -0.1) is 0 Å². The number of furan rings is 1. The van der Waals surface area contributed by atoms with Crippen LogP contribution in [0.1, 0.15) is 28.8 Å². The van der Waals surface area contributed by atoms with E-state index in [-0.39, 0.29) is 23.5 Å². The Balaban J connectivity index is 1.24. The van der Waals surface area contributed by atoms with Crippen LogP contribution in [0, 0.1) is 5.82 Å². The van der Waals surface area contributed by atoms with Crippen LogP contribution < -0.4 is 10.6 Å². The lowest BCUT2D eigenvalue weighted by atomic mass is 10.0. The second-order valence-corrected chi connectivity index (χ2v) is 7.17. The topological polar surface area (TPSA) is 74.6 Å². The number of likely N-dealkylation sites (tertiary alicyclic amines) is 1. The highest BCUT2D eigenvalue weighted by molar-refractivity contribution is 5.94. The lowest BCUT2D eigenvalue weighted by Gasteiger charge is -2.32. The van der Waals surface area contributed by atoms with Crippen LogP contribution in [0.3, 0.4) is 0 Å². The third-order valence-electron chi connectivity index (χ3n) is 5.19. The fourth-order valence-corrected chi connectivity index (χ4v) is 3.58. The molecule has 0 spiro atoms. The Hall–Kier alpha value is -3.35. The molecular weight excluding hydrogens is 373 g/mol. The van der Waals surface area contributed by atoms with Crippen LogP contribution in [0.2, 0.25) is 0 Å². The van der Waals surface area contributed by atoms with Gasteiger partial charge in [-0.05, 0) is 48.7 Å². The van der Waals surface area contributed by atoms with Crippen molar-refractivity contribution in [3.63, 3.8) is 0 Å². The van der Waals surface area contributed by atoms with Crippen LogP contribution in [-0.4, -0.2) is 36.0 Å². The van der Waals surface area contributed by atoms with Crippen molar-refractivity contribution in [3.8, 4) is 0 Å². The van der Waals surface area contributed by atoms with E-state index < -0.39 is 5.82 Å². The molecule has 6 nitrogen and oxygen atoms in total. The van der Waals surface area contributed by atoms with Crippen LogP contribution in [0.5, 0.6) is 0 Å². The first kappa shape index (κ1) is 19.0. The van der Waals surface area contributed by atoms with Gasteiger partial charge in [0, 0.05) is 31.1 Å². The number of carbonyl (C=O) groups excluding carboxylic acids is 2. The lowest BCUT2D eigenvalue weighted by Crippen LogP contribution is -2.49. The average Bonchev–Trinajstić information content (AvgIpc) is 3.21. The van der Waals surface area contributed by atoms with Crippen molar-refractivity contribution >= 4 is 22.9 Å². The van der Waals surface area contributed by atoms with Crippen LogP contribution in [0.4, 0.5) is 9.18 Å². The first-order valence-corrected chi connectivity index (χ1v) is 9.64. The number of carbonyl (C=O) groups is 2. The molecule has 2 N–H and O–H groups in total. The van der Waals surface area contributed by atoms with Gasteiger partial charge in [0.05, 0.1) is 11.8 Å². The summed E-state index contributed by atoms with van der Waals surface area (Å²) in [4.78, 5) is 26.3. The minimum Gasteiger partial charge on any atom is -0.464 e. The van der Waals surface area contributed by atoms with Gasteiger partial charge in [0.1, 0.15) is 11.4 Å². The summed E-state index contributed by atoms with van der Waals surface area (Å²) in [7, 11) is 0. The Morgan fingerprint density at radius 2 is 1.90 bits per heavy atom. The molecule has 1 aliphatic rings. The van der Waals surface area contributed by atoms with Crippen molar-refractivity contribution in [2.45, 2.75) is 25.4 Å². The number of amides is 3. The molecule has 150 valence electrons. The molecule has 2 aromatic carbocycles. The van der Waals surface area contributed by atoms with Gasteiger partial charge in [-0.25, -0.2) is 9.18 Å². The van der Waals surface area contributed by atoms with Crippen molar-refractivity contribution in [2.75, 3.05) is 13.1 Å². The average molecular weight is 395 g/mol. The number of fused-ring (bicyclic) bond motifs is 1. The van der Waals surface area contributed by atoms with Crippen molar-refractivity contribution in [1.29, 1.82) is 0 Å². The zero-order valence-electron chi connectivity index (χ0n) is 15.9. The highest BCUT2D eigenvalue weighted by Crippen LogP contribution is 2.18. The number of hydrogen-bond acceptors (Lipinski definition) is 3. The predicted octanol–water partition coefficient (Wildman–Crippen LogP) is 3.68. The smallest absolute Gasteiger partial charge is 0.315 e. The molecule has 2 heterocycles. The van der Waals surface area contributed by atoms with Crippen molar-refractivity contribution < 1.29 is 18.4 Å². The van der Waals surface area contributed by atoms with Crippen LogP contribution >= 0.6 is 0 Å². The number of nitrogens with zero attached hydrogens (tertiary/aromatic N) is 1. The Labute approximate surface area is 167 Å². The van der Waals surface area contributed by atoms with E-state index in [1.165, 1.54) is 12.1 Å². The van der Waals surface area contributed by atoms with Crippen LogP contribution in [0.15, 0.2) is 59.2 Å². The zero-order chi connectivity index (χ0) is 20.2. The van der Waals surface area contributed by atoms with E-state index in [1.54, 1.807) is 23.3 Å². The van der Waals surface area contributed by atoms with Gasteiger partial charge in [0.2, 0.25) is 0 Å². The van der Waals surface area contributed by atoms with Gasteiger partial charge < -0.3 is 20.0 Å². The molecule has 1 saturated heterocycles. The Morgan fingerprint density at radius 1 is 1.10 bits per heavy atom. The maximum Gasteiger partial charge on any atom is 0.315 e. The summed E-state index contributed by atoms with van der Waals surface area (Å²) < 4.78 is 19.1. The largest absolute Gasteiger partial charge is 0.464 e. The number of urea groups is 1. The minimum atomic E-state index is -0.509. The molecule has 0 atom stereocenters. The molecule has 7 heteroatoms. The Kier molecular flexibility index (Phi) is 5.46. The quantitative estimate of drug-likeness (QED) is 0.708. The molecule has 0 bridgehead atoms. The molecule has 1 aliphatic heterocycles. The summed E-state index contributed by atoms with van der Waals surface area (Å²) in [5.41, 5.74) is 1.89. The third-order valence-corrected chi connectivity index (χ3v) is 5.19. The first-order chi connectivity index (χ1) is 14.1. The fourth-order valence-electron chi connectivity index (χ4n) is 3.58. The van der Waals surface area contributed by atoms with Gasteiger partial charge in [-0.2, -0.15) is 0 Å². The van der Waals surface area contributed by atoms with Crippen molar-refractivity contribution in [3.05, 3.63) is 71.7 Å². The van der Waals surface area contributed by atoms with Gasteiger partial charge in [-0.3, -0.25) is 4.79 Å². The molecule has 1 fully saturated rings. The highest BCUT2D eigenvalue weighted by atomic mass is 19.1. The monoisotopic (exact) mass is 395 g/mol. The molecular formula is C22H22FN3O3. The maximum absolute atomic E-state index is 13.8. The summed E-state index contributed by atoms with van der Waals surface area (Å²) >= 11 is 0. The minimum absolute atomic E-state index is 0.0176. The zero-order valence-corrected chi connectivity index (χ0v) is 15.9. The summed E-state index contributed by atoms with van der Waals surface area (Å²) in [6, 6.07) is 13.4. The van der Waals surface area contributed by atoms with E-state index in [2.05, 4.69) is 10.6 Å². The molecule has 1 aromatic heterocycles. The number of nitrogens with one attached hydrogen (secondary N) is 2. The SMILES string of the molecule is O=C(NCc1ccc2occc2c1)NC1CCN(C(=O)c2ccccc2F)CC1. The van der Waals surface area contributed by atoms with E-state index >= 15 is 0 Å². The summed E-state index contributed by atoms with van der Waals surface area (Å²) in [5.74, 6) is -0.814. The lowest BCUT2D eigenvalue weighted by molar-refractivity contribution is 0.0703. The van der Waals surface area contributed by atoms with Crippen molar-refractivity contribution in [1.82, 2.24) is 15.5 Å². The molecule has 3 amide bonds. The van der Waals surface area contributed by atoms with Crippen LogP contribution in [0.25, 0.3) is 11.0 Å². The Bertz CT molecular complexity index is 1020. The molecule has 0 saturated carbocycles. The van der Waals surface area contributed by atoms with E-state index in [0.717, 1.165) is 16.5 Å². The normalized spacial score (nSPS) is 14.7. The van der Waals surface area contributed by atoms with Gasteiger partial charge in [0.15, 0.2) is 0 Å². The van der Waals surface area contributed by atoms with E-state index in [0.29, 0.717) is 32.5 Å². The summed E-state index contributed by atoms with van der Waals surface area (Å²) in [6.07, 6.45) is 2.90. The number of hydrogen-bond donors (Lipinski definition) is 2. The maximum atomic E-state index is 13.8. The first-order valence-electron chi connectivity index (χ1n) is 9.64. The molecule has 0 unspecified atom stereocenters. The fraction of sp³-hybridized carbons (Fsp3) is 0.273. The number of rotatable bonds is 4. The van der Waals surface area contributed by atoms with Gasteiger partial charge >= 0.3 is 6.03 Å². The Morgan fingerprint density at radius 3 is 2.69 bits per heavy atom. The molecule has 3 aromatic rings. The second-order valence-electron chi connectivity index (χ2n) is 7.17. The predicted molar refractivity (Wildman–Crippen MR) is 107 cm³/mol. The summed E-state index contributed by atoms with van der Waals surface area (Å²) in [6.45, 7) is 1.38. The highest BCUT2D eigenvalue weighted by Gasteiger charge is 2.25. The number of benzene rings is 2. The van der Waals surface area contributed by atoms with Gasteiger partial charge in [-0.1, -0.05) is 18.2 Å². The van der Waals surface area contributed by atoms with Crippen molar-refractivity contribution in [2.24, 2.45) is 0 Å². The second kappa shape index (κ2) is 8.34. The summed E-state index contributed by atoms with van der Waals surface area (Å²) in [5, 5.41) is 6.81. The van der Waals surface area contributed by atoms with Crippen LogP contribution in [-0.2, 0) is 6.54 Å². The number of piperidine rings is 1. The molecule has 0 radical (unpaired) electrons. The number of halogens is 1. The molecule has 4 rings (SSSR count). The van der Waals surface area contributed by atoms with Gasteiger partial charge in [0.25, 0.3) is 5.91 Å². The molecule has 0 aliphatic carbocycles. The molecule has 29 heavy (non-hydrogen) atoms. The van der Waals surface area contributed by atoms with E-state index in [4.69, 9.17) is 4.42 Å².